The molecular formula is C9H7N4O3. The van der Waals surface area contributed by atoms with E-state index < -0.39 is 0 Å². The number of benzene rings is 1. The third kappa shape index (κ3) is 1.57. The Morgan fingerprint density at radius 2 is 2.56 bits per heavy atom. The lowest BCUT2D eigenvalue weighted by molar-refractivity contribution is -0.195. The largest absolute Gasteiger partial charge is 0.481 e. The monoisotopic (exact) mass is 219 g/mol. The van der Waals surface area contributed by atoms with Gasteiger partial charge in [-0.1, -0.05) is 6.07 Å². The van der Waals surface area contributed by atoms with E-state index in [4.69, 9.17) is 14.5 Å². The second-order valence-electron chi connectivity index (χ2n) is 3.14. The normalized spacial score (nSPS) is 13.2. The molecule has 16 heavy (non-hydrogen) atoms. The van der Waals surface area contributed by atoms with E-state index in [-0.39, 0.29) is 6.61 Å². The van der Waals surface area contributed by atoms with Gasteiger partial charge in [-0.2, -0.15) is 4.89 Å². The molecule has 81 valence electrons. The molecule has 0 aliphatic carbocycles. The summed E-state index contributed by atoms with van der Waals surface area (Å²) in [6.45, 7) is 0.646. The fraction of sp³-hybridized carbons (Fsp3) is 0.222. The van der Waals surface area contributed by atoms with E-state index in [0.29, 0.717) is 23.9 Å². The summed E-state index contributed by atoms with van der Waals surface area (Å²) in [5.41, 5.74) is 0.935. The first-order valence-electron chi connectivity index (χ1n) is 4.62. The highest BCUT2D eigenvalue weighted by atomic mass is 17.2. The van der Waals surface area contributed by atoms with Gasteiger partial charge in [0.1, 0.15) is 13.2 Å². The van der Waals surface area contributed by atoms with Crippen LogP contribution in [0.4, 0.5) is 0 Å². The Bertz CT molecular complexity index is 486. The summed E-state index contributed by atoms with van der Waals surface area (Å²) in [5.74, 6) is 1.59. The molecule has 1 radical (unpaired) electrons. The molecular weight excluding hydrogens is 212 g/mol. The van der Waals surface area contributed by atoms with E-state index in [1.807, 2.05) is 6.07 Å². The number of hydrogen-bond acceptors (Lipinski definition) is 6. The van der Waals surface area contributed by atoms with Crippen LogP contribution < -0.4 is 9.62 Å². The fourth-order valence-corrected chi connectivity index (χ4v) is 1.35. The lowest BCUT2D eigenvalue weighted by Crippen LogP contribution is -1.99. The minimum absolute atomic E-state index is 0.226. The van der Waals surface area contributed by atoms with Crippen molar-refractivity contribution < 1.29 is 14.5 Å². The number of H-pyrrole nitrogens is 1. The van der Waals surface area contributed by atoms with Gasteiger partial charge in [-0.25, -0.2) is 5.10 Å². The maximum atomic E-state index is 5.46. The van der Waals surface area contributed by atoms with Gasteiger partial charge >= 0.3 is 0 Å². The number of hydrogen-bond donors (Lipinski definition) is 1. The molecule has 0 saturated carbocycles. The SMILES string of the molecule is [c]1ccc2c(c1OCc1nnn[nH]1)OOC2. The van der Waals surface area contributed by atoms with Crippen LogP contribution in [0.3, 0.4) is 0 Å². The Kier molecular flexibility index (Phi) is 2.15. The second-order valence-corrected chi connectivity index (χ2v) is 3.14. The molecule has 0 amide bonds. The van der Waals surface area contributed by atoms with Crippen LogP contribution in [0.1, 0.15) is 11.4 Å². The number of rotatable bonds is 3. The van der Waals surface area contributed by atoms with Crippen molar-refractivity contribution >= 4 is 0 Å². The molecule has 7 nitrogen and oxygen atoms in total. The first-order valence-corrected chi connectivity index (χ1v) is 4.62. The quantitative estimate of drug-likeness (QED) is 0.752. The smallest absolute Gasteiger partial charge is 0.213 e. The van der Waals surface area contributed by atoms with Gasteiger partial charge in [0, 0.05) is 11.6 Å². The predicted octanol–water partition coefficient (Wildman–Crippen LogP) is 0.403. The van der Waals surface area contributed by atoms with Gasteiger partial charge in [-0.15, -0.1) is 5.10 Å². The Hall–Kier alpha value is -2.15. The molecule has 3 rings (SSSR count). The second kappa shape index (κ2) is 3.78. The number of nitrogens with zero attached hydrogens (tertiary/aromatic N) is 3. The van der Waals surface area contributed by atoms with Crippen molar-refractivity contribution in [2.45, 2.75) is 13.2 Å². The summed E-state index contributed by atoms with van der Waals surface area (Å²) >= 11 is 0. The summed E-state index contributed by atoms with van der Waals surface area (Å²) < 4.78 is 5.46. The van der Waals surface area contributed by atoms with E-state index in [0.717, 1.165) is 5.56 Å². The number of aromatic amines is 1. The average Bonchev–Trinajstić information content (AvgIpc) is 2.97. The summed E-state index contributed by atoms with van der Waals surface area (Å²) in [6.07, 6.45) is 0. The van der Waals surface area contributed by atoms with E-state index in [1.54, 1.807) is 6.07 Å². The van der Waals surface area contributed by atoms with E-state index in [2.05, 4.69) is 26.7 Å². The van der Waals surface area contributed by atoms with Crippen molar-refractivity contribution in [1.29, 1.82) is 0 Å². The van der Waals surface area contributed by atoms with Crippen molar-refractivity contribution in [2.24, 2.45) is 0 Å². The maximum Gasteiger partial charge on any atom is 0.213 e. The molecule has 1 N–H and O–H groups in total. The molecule has 0 fully saturated rings. The van der Waals surface area contributed by atoms with Crippen LogP contribution >= 0.6 is 0 Å². The van der Waals surface area contributed by atoms with Crippen molar-refractivity contribution in [3.63, 3.8) is 0 Å². The summed E-state index contributed by atoms with van der Waals surface area (Å²) in [5, 5.41) is 13.2. The summed E-state index contributed by atoms with van der Waals surface area (Å²) in [6, 6.07) is 6.54. The zero-order valence-corrected chi connectivity index (χ0v) is 8.14. The molecule has 7 heteroatoms. The van der Waals surface area contributed by atoms with Gasteiger partial charge < -0.3 is 9.62 Å². The highest BCUT2D eigenvalue weighted by Gasteiger charge is 2.19. The van der Waals surface area contributed by atoms with Crippen LogP contribution in [0.2, 0.25) is 0 Å². The maximum absolute atomic E-state index is 5.46. The molecule has 0 atom stereocenters. The van der Waals surface area contributed by atoms with Gasteiger partial charge in [0.15, 0.2) is 11.6 Å². The molecule has 2 heterocycles. The zero-order chi connectivity index (χ0) is 10.8. The minimum atomic E-state index is 0.226. The van der Waals surface area contributed by atoms with Crippen molar-refractivity contribution in [3.8, 4) is 11.5 Å². The lowest BCUT2D eigenvalue weighted by atomic mass is 10.2. The lowest BCUT2D eigenvalue weighted by Gasteiger charge is -2.05. The Labute approximate surface area is 90.3 Å². The standard InChI is InChI=1S/C9H7N4O3/c1-2-6-4-15-16-9(6)7(3-1)14-5-8-10-12-13-11-8/h1-2H,4-5H2,(H,10,11,12,13). The first kappa shape index (κ1) is 9.10. The molecule has 0 saturated heterocycles. The van der Waals surface area contributed by atoms with Crippen molar-refractivity contribution in [2.75, 3.05) is 0 Å². The number of fused-ring (bicyclic) bond motifs is 1. The van der Waals surface area contributed by atoms with Crippen molar-refractivity contribution in [3.05, 3.63) is 29.6 Å². The van der Waals surface area contributed by atoms with Crippen LogP contribution in [-0.4, -0.2) is 20.6 Å². The molecule has 1 aromatic heterocycles. The van der Waals surface area contributed by atoms with Crippen LogP contribution in [0.15, 0.2) is 12.1 Å². The number of nitrogens with one attached hydrogen (secondary N) is 1. The van der Waals surface area contributed by atoms with Gasteiger partial charge in [-0.3, -0.25) is 0 Å². The Morgan fingerprint density at radius 3 is 3.44 bits per heavy atom. The van der Waals surface area contributed by atoms with E-state index in [9.17, 15) is 0 Å². The molecule has 2 aromatic rings. The molecule has 1 aliphatic heterocycles. The highest BCUT2D eigenvalue weighted by molar-refractivity contribution is 5.46. The van der Waals surface area contributed by atoms with E-state index in [1.165, 1.54) is 0 Å². The zero-order valence-electron chi connectivity index (χ0n) is 8.14. The van der Waals surface area contributed by atoms with Crippen LogP contribution in [-0.2, 0) is 18.1 Å². The Balaban J connectivity index is 1.78. The average molecular weight is 219 g/mol. The molecule has 1 aromatic carbocycles. The van der Waals surface area contributed by atoms with Crippen LogP contribution in [0.25, 0.3) is 0 Å². The Morgan fingerprint density at radius 1 is 1.56 bits per heavy atom. The van der Waals surface area contributed by atoms with Crippen LogP contribution in [0.5, 0.6) is 11.5 Å². The minimum Gasteiger partial charge on any atom is -0.481 e. The first-order chi connectivity index (χ1) is 7.93. The molecule has 0 spiro atoms. The van der Waals surface area contributed by atoms with Gasteiger partial charge in [0.25, 0.3) is 0 Å². The molecule has 0 unspecified atom stereocenters. The third-order valence-corrected chi connectivity index (χ3v) is 2.10. The molecule has 1 aliphatic rings. The van der Waals surface area contributed by atoms with Gasteiger partial charge in [0.2, 0.25) is 5.75 Å². The van der Waals surface area contributed by atoms with Gasteiger partial charge in [-0.05, 0) is 16.5 Å². The predicted molar refractivity (Wildman–Crippen MR) is 49.2 cm³/mol. The number of ether oxygens (including phenoxy) is 1. The number of tetrazole rings is 1. The van der Waals surface area contributed by atoms with Gasteiger partial charge in [0.05, 0.1) is 0 Å². The fourth-order valence-electron chi connectivity index (χ4n) is 1.35. The summed E-state index contributed by atoms with van der Waals surface area (Å²) in [7, 11) is 0. The molecule has 0 bridgehead atoms. The van der Waals surface area contributed by atoms with E-state index >= 15 is 0 Å². The number of aromatic nitrogens is 4. The summed E-state index contributed by atoms with van der Waals surface area (Å²) in [4.78, 5) is 9.83. The van der Waals surface area contributed by atoms with Crippen molar-refractivity contribution in [1.82, 2.24) is 20.6 Å². The highest BCUT2D eigenvalue weighted by Crippen LogP contribution is 2.35. The third-order valence-electron chi connectivity index (χ3n) is 2.10. The van der Waals surface area contributed by atoms with Crippen LogP contribution in [0, 0.1) is 6.07 Å². The topological polar surface area (TPSA) is 82.2 Å².